The fourth-order valence-electron chi connectivity index (χ4n) is 6.75. The van der Waals surface area contributed by atoms with Gasteiger partial charge >= 0.3 is 0 Å². The third-order valence-electron chi connectivity index (χ3n) is 8.12. The molecule has 4 rings (SSSR count). The molecule has 7 atom stereocenters. The average Bonchev–Trinajstić information content (AvgIpc) is 2.79. The third-order valence-corrected chi connectivity index (χ3v) is 8.12. The van der Waals surface area contributed by atoms with Gasteiger partial charge in [0.2, 0.25) is 0 Å². The molecule has 1 heterocycles. The molecule has 0 radical (unpaired) electrons. The molecule has 1 saturated heterocycles. The molecular weight excluding hydrogens is 304 g/mol. The molecule has 1 saturated carbocycles. The molecule has 4 aliphatic rings. The number of fused-ring (bicyclic) bond motifs is 3. The Balaban J connectivity index is 1.75. The van der Waals surface area contributed by atoms with Gasteiger partial charge in [0, 0.05) is 12.0 Å². The molecule has 24 heavy (non-hydrogen) atoms. The molecule has 0 amide bonds. The highest BCUT2D eigenvalue weighted by Gasteiger charge is 2.59. The average molecular weight is 336 g/mol. The van der Waals surface area contributed by atoms with Crippen molar-refractivity contribution in [2.24, 2.45) is 22.2 Å². The minimum Gasteiger partial charge on any atom is -0.396 e. The van der Waals surface area contributed by atoms with Gasteiger partial charge in [-0.25, -0.2) is 0 Å². The number of hydrogen-bond donors (Lipinski definition) is 3. The highest BCUT2D eigenvalue weighted by Crippen LogP contribution is 2.64. The molecule has 3 N–H and O–H groups in total. The van der Waals surface area contributed by atoms with E-state index in [2.05, 4.69) is 20.8 Å². The van der Waals surface area contributed by atoms with E-state index in [4.69, 9.17) is 4.74 Å². The van der Waals surface area contributed by atoms with Gasteiger partial charge in [-0.1, -0.05) is 31.9 Å². The van der Waals surface area contributed by atoms with Crippen LogP contribution in [-0.4, -0.2) is 46.8 Å². The minimum absolute atomic E-state index is 0.0546. The van der Waals surface area contributed by atoms with Crippen molar-refractivity contribution in [3.8, 4) is 0 Å². The van der Waals surface area contributed by atoms with Crippen molar-refractivity contribution in [2.75, 3.05) is 13.2 Å². The first-order valence-corrected chi connectivity index (χ1v) is 9.53. The van der Waals surface area contributed by atoms with Crippen LogP contribution in [0.2, 0.25) is 0 Å². The fourth-order valence-corrected chi connectivity index (χ4v) is 6.75. The number of rotatable bonds is 1. The summed E-state index contributed by atoms with van der Waals surface area (Å²) in [5.41, 5.74) is 2.54. The summed E-state index contributed by atoms with van der Waals surface area (Å²) >= 11 is 0. The summed E-state index contributed by atoms with van der Waals surface area (Å²) in [7, 11) is 0. The summed E-state index contributed by atoms with van der Waals surface area (Å²) in [4.78, 5) is 0. The highest BCUT2D eigenvalue weighted by molar-refractivity contribution is 5.34. The minimum atomic E-state index is -0.373. The van der Waals surface area contributed by atoms with Crippen LogP contribution in [0, 0.1) is 22.2 Å². The van der Waals surface area contributed by atoms with Crippen LogP contribution in [0.4, 0.5) is 0 Å². The highest BCUT2D eigenvalue weighted by atomic mass is 16.5. The summed E-state index contributed by atoms with van der Waals surface area (Å²) in [5, 5.41) is 31.0. The molecule has 7 unspecified atom stereocenters. The molecule has 4 heteroatoms. The lowest BCUT2D eigenvalue weighted by Crippen LogP contribution is -2.54. The molecule has 1 aliphatic heterocycles. The zero-order valence-electron chi connectivity index (χ0n) is 15.2. The van der Waals surface area contributed by atoms with E-state index in [1.54, 1.807) is 0 Å². The Morgan fingerprint density at radius 2 is 1.92 bits per heavy atom. The Kier molecular flexibility index (Phi) is 3.75. The van der Waals surface area contributed by atoms with Crippen molar-refractivity contribution in [3.63, 3.8) is 0 Å². The maximum absolute atomic E-state index is 10.5. The number of ether oxygens (including phenoxy) is 1. The van der Waals surface area contributed by atoms with Crippen molar-refractivity contribution in [1.29, 1.82) is 0 Å². The fraction of sp³-hybridized carbons (Fsp3) is 0.900. The van der Waals surface area contributed by atoms with Crippen LogP contribution in [0.15, 0.2) is 11.1 Å². The van der Waals surface area contributed by atoms with Crippen LogP contribution < -0.4 is 0 Å². The maximum Gasteiger partial charge on any atom is 0.0855 e. The van der Waals surface area contributed by atoms with Crippen LogP contribution in [0.25, 0.3) is 0 Å². The summed E-state index contributed by atoms with van der Waals surface area (Å²) < 4.78 is 5.95. The first-order valence-electron chi connectivity index (χ1n) is 9.53. The molecule has 136 valence electrons. The van der Waals surface area contributed by atoms with Crippen molar-refractivity contribution < 1.29 is 20.1 Å². The zero-order chi connectivity index (χ0) is 17.3. The van der Waals surface area contributed by atoms with E-state index >= 15 is 0 Å². The van der Waals surface area contributed by atoms with Crippen LogP contribution in [0.3, 0.4) is 0 Å². The quantitative estimate of drug-likeness (QED) is 0.643. The normalized spacial score (nSPS) is 54.2. The Morgan fingerprint density at radius 1 is 1.17 bits per heavy atom. The second-order valence-electron chi connectivity index (χ2n) is 9.69. The Labute approximate surface area is 144 Å². The molecule has 0 aromatic heterocycles. The van der Waals surface area contributed by atoms with Crippen LogP contribution in [0.5, 0.6) is 0 Å². The first-order chi connectivity index (χ1) is 11.2. The van der Waals surface area contributed by atoms with E-state index in [1.165, 1.54) is 11.1 Å². The van der Waals surface area contributed by atoms with Gasteiger partial charge in [0.05, 0.1) is 24.9 Å². The molecule has 0 spiro atoms. The largest absolute Gasteiger partial charge is 0.396 e. The van der Waals surface area contributed by atoms with Gasteiger partial charge in [0.15, 0.2) is 0 Å². The summed E-state index contributed by atoms with van der Waals surface area (Å²) in [6.07, 6.45) is 4.79. The van der Waals surface area contributed by atoms with Gasteiger partial charge in [-0.05, 0) is 55.3 Å². The lowest BCUT2D eigenvalue weighted by atomic mass is 9.47. The van der Waals surface area contributed by atoms with Crippen molar-refractivity contribution in [1.82, 2.24) is 0 Å². The molecular formula is C20H32O4. The lowest BCUT2D eigenvalue weighted by molar-refractivity contribution is -0.0978. The monoisotopic (exact) mass is 336 g/mol. The van der Waals surface area contributed by atoms with Gasteiger partial charge in [-0.15, -0.1) is 0 Å². The Hall–Kier alpha value is -0.420. The first kappa shape index (κ1) is 17.0. The molecule has 0 aromatic carbocycles. The number of allylic oxidation sites excluding steroid dienone is 1. The van der Waals surface area contributed by atoms with Crippen LogP contribution >= 0.6 is 0 Å². The summed E-state index contributed by atoms with van der Waals surface area (Å²) in [6.45, 7) is 7.20. The lowest BCUT2D eigenvalue weighted by Gasteiger charge is -2.59. The molecule has 0 bridgehead atoms. The third kappa shape index (κ3) is 2.13. The topological polar surface area (TPSA) is 69.9 Å². The van der Waals surface area contributed by atoms with Gasteiger partial charge in [-0.3, -0.25) is 0 Å². The molecule has 2 fully saturated rings. The molecule has 3 aliphatic carbocycles. The maximum atomic E-state index is 10.5. The van der Waals surface area contributed by atoms with Crippen molar-refractivity contribution in [2.45, 2.75) is 77.6 Å². The van der Waals surface area contributed by atoms with E-state index in [1.807, 2.05) is 0 Å². The Bertz CT molecular complexity index is 572. The Morgan fingerprint density at radius 3 is 2.62 bits per heavy atom. The smallest absolute Gasteiger partial charge is 0.0855 e. The summed E-state index contributed by atoms with van der Waals surface area (Å²) in [5.74, 6) is 0.410. The van der Waals surface area contributed by atoms with E-state index in [0.29, 0.717) is 18.9 Å². The van der Waals surface area contributed by atoms with E-state index in [9.17, 15) is 15.3 Å². The van der Waals surface area contributed by atoms with Gasteiger partial charge < -0.3 is 20.1 Å². The van der Waals surface area contributed by atoms with Gasteiger partial charge in [-0.2, -0.15) is 0 Å². The molecule has 4 nitrogen and oxygen atoms in total. The number of aliphatic hydroxyl groups excluding tert-OH is 3. The van der Waals surface area contributed by atoms with Crippen molar-refractivity contribution >= 4 is 0 Å². The van der Waals surface area contributed by atoms with Crippen molar-refractivity contribution in [3.05, 3.63) is 11.1 Å². The second kappa shape index (κ2) is 5.29. The van der Waals surface area contributed by atoms with Crippen LogP contribution in [0.1, 0.15) is 59.3 Å². The number of aliphatic hydroxyl groups is 3. The second-order valence-corrected chi connectivity index (χ2v) is 9.69. The van der Waals surface area contributed by atoms with Gasteiger partial charge in [0.1, 0.15) is 0 Å². The van der Waals surface area contributed by atoms with E-state index in [0.717, 1.165) is 32.1 Å². The molecule has 0 aromatic rings. The summed E-state index contributed by atoms with van der Waals surface area (Å²) in [6, 6.07) is 0. The number of hydrogen-bond acceptors (Lipinski definition) is 4. The van der Waals surface area contributed by atoms with E-state index in [-0.39, 0.29) is 41.2 Å². The van der Waals surface area contributed by atoms with E-state index < -0.39 is 0 Å². The SMILES string of the molecule is CC1(CO)CC(O)CC2(C)C3=C(CCC12)CC1(C)C(O)COC1C3. The van der Waals surface area contributed by atoms with Gasteiger partial charge in [0.25, 0.3) is 0 Å². The zero-order valence-corrected chi connectivity index (χ0v) is 15.2. The standard InChI is InChI=1S/C20H32O4/c1-18(11-21)8-13(22)9-19(2)14-6-17-20(3,16(23)10-24-17)7-12(14)4-5-15(18)19/h13,15-17,21-23H,4-11H2,1-3H3. The van der Waals surface area contributed by atoms with Crippen LogP contribution in [-0.2, 0) is 4.74 Å². The predicted molar refractivity (Wildman–Crippen MR) is 91.4 cm³/mol. The predicted octanol–water partition coefficient (Wildman–Crippen LogP) is 2.41.